The Hall–Kier alpha value is -0.0969. The largest absolute Gasteiger partial charge is 1.00 e. The Morgan fingerprint density at radius 2 is 1.59 bits per heavy atom. The molecule has 0 fully saturated rings. The van der Waals surface area contributed by atoms with Crippen molar-refractivity contribution in [2.24, 2.45) is 0 Å². The van der Waals surface area contributed by atoms with E-state index in [1.807, 2.05) is 0 Å². The summed E-state index contributed by atoms with van der Waals surface area (Å²) in [4.78, 5) is 0. The first-order chi connectivity index (χ1) is 7.25. The Balaban J connectivity index is 0.000000722. The average molecular weight is 341 g/mol. The zero-order valence-electron chi connectivity index (χ0n) is 9.37. The summed E-state index contributed by atoms with van der Waals surface area (Å²) >= 11 is 1.60. The van der Waals surface area contributed by atoms with Crippen LogP contribution in [0.4, 0.5) is 0 Å². The van der Waals surface area contributed by atoms with Gasteiger partial charge in [-0.1, -0.05) is 0 Å². The van der Waals surface area contributed by atoms with E-state index in [1.165, 1.54) is 27.5 Å². The standard InChI is InChI=1S/C14H11.2ClH.Zr/c1-10-6-13-8-11-4-2-3-5-12(11)9-14(13)7-10;;;/h2-9H,1H3;2*1H;/q;;;+2/p-2. The Kier molecular flexibility index (Phi) is 5.01. The average Bonchev–Trinajstić information content (AvgIpc) is 2.52. The fourth-order valence-corrected chi connectivity index (χ4v) is 3.04. The van der Waals surface area contributed by atoms with E-state index in [4.69, 9.17) is 0 Å². The van der Waals surface area contributed by atoms with Crippen molar-refractivity contribution >= 4 is 16.8 Å². The van der Waals surface area contributed by atoms with Gasteiger partial charge < -0.3 is 24.8 Å². The molecule has 0 N–H and O–H groups in total. The van der Waals surface area contributed by atoms with Crippen LogP contribution in [0.5, 0.6) is 0 Å². The van der Waals surface area contributed by atoms with E-state index in [-0.39, 0.29) is 24.8 Å². The maximum atomic E-state index is 2.36. The fourth-order valence-electron chi connectivity index (χ4n) is 2.22. The van der Waals surface area contributed by atoms with Crippen molar-refractivity contribution in [2.45, 2.75) is 10.5 Å². The molecular formula is C14H11Cl2Zr. The maximum absolute atomic E-state index is 2.36. The molecule has 85 valence electrons. The monoisotopic (exact) mass is 339 g/mol. The van der Waals surface area contributed by atoms with Crippen LogP contribution in [0.1, 0.15) is 21.7 Å². The summed E-state index contributed by atoms with van der Waals surface area (Å²) in [6.07, 6.45) is 2.33. The van der Waals surface area contributed by atoms with E-state index >= 15 is 0 Å². The number of fused-ring (bicyclic) bond motifs is 2. The van der Waals surface area contributed by atoms with E-state index in [0.717, 1.165) is 0 Å². The minimum atomic E-state index is 0. The second-order valence-corrected chi connectivity index (χ2v) is 5.57. The summed E-state index contributed by atoms with van der Waals surface area (Å²) in [5.74, 6) is 0. The van der Waals surface area contributed by atoms with Crippen LogP contribution in [0.3, 0.4) is 0 Å². The van der Waals surface area contributed by atoms with Crippen molar-refractivity contribution in [3.8, 4) is 0 Å². The van der Waals surface area contributed by atoms with E-state index in [1.54, 1.807) is 24.7 Å². The van der Waals surface area contributed by atoms with Gasteiger partial charge in [-0.2, -0.15) is 0 Å². The van der Waals surface area contributed by atoms with Crippen LogP contribution in [0.25, 0.3) is 16.8 Å². The number of hydrogen-bond acceptors (Lipinski definition) is 0. The number of benzene rings is 2. The van der Waals surface area contributed by atoms with Crippen LogP contribution in [0.15, 0.2) is 42.0 Å². The van der Waals surface area contributed by atoms with Crippen molar-refractivity contribution in [3.63, 3.8) is 0 Å². The molecule has 0 aliphatic heterocycles. The molecule has 3 rings (SSSR count). The molecule has 0 aromatic heterocycles. The van der Waals surface area contributed by atoms with Gasteiger partial charge in [0.05, 0.1) is 0 Å². The summed E-state index contributed by atoms with van der Waals surface area (Å²) in [5.41, 5.74) is 4.45. The first-order valence-corrected chi connectivity index (χ1v) is 6.59. The third kappa shape index (κ3) is 2.52. The molecule has 1 aliphatic rings. The van der Waals surface area contributed by atoms with Crippen molar-refractivity contribution < 1.29 is 49.5 Å². The van der Waals surface area contributed by atoms with E-state index in [0.29, 0.717) is 3.63 Å². The Labute approximate surface area is 129 Å². The Morgan fingerprint density at radius 1 is 1.00 bits per heavy atom. The van der Waals surface area contributed by atoms with Gasteiger partial charge in [-0.25, -0.2) is 0 Å². The molecule has 3 heteroatoms. The smallest absolute Gasteiger partial charge is 1.00 e. The molecule has 1 unspecified atom stereocenters. The molecule has 1 aliphatic carbocycles. The fraction of sp³-hybridized carbons (Fsp3) is 0.143. The molecule has 0 nitrogen and oxygen atoms in total. The number of rotatable bonds is 0. The first kappa shape index (κ1) is 15.0. The molecule has 0 saturated carbocycles. The van der Waals surface area contributed by atoms with Gasteiger partial charge in [-0.15, -0.1) is 0 Å². The van der Waals surface area contributed by atoms with Crippen LogP contribution in [-0.2, 0) is 24.7 Å². The predicted octanol–water partition coefficient (Wildman–Crippen LogP) is -2.15. The molecule has 0 amide bonds. The summed E-state index contributed by atoms with van der Waals surface area (Å²) in [6.45, 7) is 2.24. The maximum Gasteiger partial charge on any atom is -1.00 e. The van der Waals surface area contributed by atoms with Gasteiger partial charge in [-0.3, -0.25) is 0 Å². The van der Waals surface area contributed by atoms with Gasteiger partial charge in [0.15, 0.2) is 0 Å². The van der Waals surface area contributed by atoms with Crippen LogP contribution in [0, 0.1) is 0 Å². The summed E-state index contributed by atoms with van der Waals surface area (Å²) in [7, 11) is 0. The minimum Gasteiger partial charge on any atom is -1.00 e. The predicted molar refractivity (Wildman–Crippen MR) is 60.3 cm³/mol. The molecule has 2 aromatic carbocycles. The van der Waals surface area contributed by atoms with Gasteiger partial charge in [0.25, 0.3) is 0 Å². The second kappa shape index (κ2) is 5.70. The normalized spacial score (nSPS) is 16.9. The topological polar surface area (TPSA) is 0 Å². The number of halogens is 2. The number of hydrogen-bond donors (Lipinski definition) is 0. The summed E-state index contributed by atoms with van der Waals surface area (Å²) in [6, 6.07) is 13.3. The van der Waals surface area contributed by atoms with E-state index < -0.39 is 0 Å². The molecule has 17 heavy (non-hydrogen) atoms. The first-order valence-electron chi connectivity index (χ1n) is 5.18. The molecule has 1 atom stereocenters. The Morgan fingerprint density at radius 3 is 2.24 bits per heavy atom. The van der Waals surface area contributed by atoms with Crippen molar-refractivity contribution in [3.05, 3.63) is 53.1 Å². The SMILES string of the molecule is CC1=Cc2cc3ccccc3cc2[CH]1[Zr+2].[Cl-].[Cl-]. The van der Waals surface area contributed by atoms with E-state index in [2.05, 4.69) is 49.4 Å². The number of allylic oxidation sites excluding steroid dienone is 1. The molecule has 0 heterocycles. The zero-order valence-corrected chi connectivity index (χ0v) is 13.3. The van der Waals surface area contributed by atoms with Crippen molar-refractivity contribution in [1.29, 1.82) is 0 Å². The van der Waals surface area contributed by atoms with Gasteiger partial charge in [-0.05, 0) is 0 Å². The molecule has 0 saturated heterocycles. The molecule has 0 spiro atoms. The molecule has 2 aromatic rings. The second-order valence-electron chi connectivity index (χ2n) is 4.15. The quantitative estimate of drug-likeness (QED) is 0.513. The van der Waals surface area contributed by atoms with Crippen molar-refractivity contribution in [1.82, 2.24) is 0 Å². The third-order valence-electron chi connectivity index (χ3n) is 3.10. The van der Waals surface area contributed by atoms with Crippen LogP contribution in [-0.4, -0.2) is 0 Å². The minimum absolute atomic E-state index is 0. The summed E-state index contributed by atoms with van der Waals surface area (Å²) in [5, 5.41) is 2.72. The van der Waals surface area contributed by atoms with Gasteiger partial charge in [0.2, 0.25) is 0 Å². The van der Waals surface area contributed by atoms with Gasteiger partial charge in [0, 0.05) is 0 Å². The van der Waals surface area contributed by atoms with Gasteiger partial charge >= 0.3 is 105 Å². The van der Waals surface area contributed by atoms with Gasteiger partial charge in [0.1, 0.15) is 0 Å². The van der Waals surface area contributed by atoms with E-state index in [9.17, 15) is 0 Å². The molecule has 0 radical (unpaired) electrons. The Bertz CT molecular complexity index is 575. The molecular weight excluding hydrogens is 330 g/mol. The van der Waals surface area contributed by atoms with Crippen LogP contribution in [0.2, 0.25) is 0 Å². The zero-order chi connectivity index (χ0) is 10.4. The third-order valence-corrected chi connectivity index (χ3v) is 4.98. The summed E-state index contributed by atoms with van der Waals surface area (Å²) < 4.78 is 0.678. The van der Waals surface area contributed by atoms with Crippen LogP contribution < -0.4 is 24.8 Å². The molecule has 0 bridgehead atoms. The van der Waals surface area contributed by atoms with Crippen LogP contribution >= 0.6 is 0 Å². The van der Waals surface area contributed by atoms with Crippen molar-refractivity contribution in [2.75, 3.05) is 0 Å².